The van der Waals surface area contributed by atoms with Gasteiger partial charge in [0.05, 0.1) is 18.9 Å². The van der Waals surface area contributed by atoms with Crippen molar-refractivity contribution in [3.05, 3.63) is 72.3 Å². The summed E-state index contributed by atoms with van der Waals surface area (Å²) in [5, 5.41) is 17.3. The van der Waals surface area contributed by atoms with E-state index >= 15 is 0 Å². The minimum atomic E-state index is -0.931. The Morgan fingerprint density at radius 2 is 1.67 bits per heavy atom. The van der Waals surface area contributed by atoms with E-state index in [0.29, 0.717) is 17.0 Å². The largest absolute Gasteiger partial charge is 0.495 e. The molecule has 3 rings (SSSR count). The zero-order valence-electron chi connectivity index (χ0n) is 14.8. The van der Waals surface area contributed by atoms with Crippen LogP contribution in [0.25, 0.3) is 10.8 Å². The highest BCUT2D eigenvalue weighted by atomic mass is 16.5. The predicted molar refractivity (Wildman–Crippen MR) is 104 cm³/mol. The first-order chi connectivity index (χ1) is 13.1. The number of carbonyl (C=O) groups excluding carboxylic acids is 2. The van der Waals surface area contributed by atoms with E-state index in [0.717, 1.165) is 10.8 Å². The third kappa shape index (κ3) is 4.24. The highest BCUT2D eigenvalue weighted by molar-refractivity contribution is 6.39. The molecule has 0 aliphatic carbocycles. The number of para-hydroxylation sites is 2. The third-order valence-electron chi connectivity index (χ3n) is 4.20. The van der Waals surface area contributed by atoms with Crippen LogP contribution in [0.2, 0.25) is 0 Å². The topological polar surface area (TPSA) is 87.7 Å². The summed E-state index contributed by atoms with van der Waals surface area (Å²) in [6.45, 7) is -0.0772. The van der Waals surface area contributed by atoms with Gasteiger partial charge in [-0.1, -0.05) is 54.6 Å². The van der Waals surface area contributed by atoms with E-state index < -0.39 is 17.9 Å². The highest BCUT2D eigenvalue weighted by Crippen LogP contribution is 2.24. The fourth-order valence-corrected chi connectivity index (χ4v) is 2.85. The van der Waals surface area contributed by atoms with Crippen LogP contribution in [0.5, 0.6) is 5.75 Å². The van der Waals surface area contributed by atoms with Crippen molar-refractivity contribution < 1.29 is 19.4 Å². The molecule has 3 aromatic rings. The number of fused-ring (bicyclic) bond motifs is 1. The van der Waals surface area contributed by atoms with Crippen LogP contribution >= 0.6 is 0 Å². The van der Waals surface area contributed by atoms with E-state index in [-0.39, 0.29) is 6.54 Å². The molecule has 3 N–H and O–H groups in total. The van der Waals surface area contributed by atoms with Crippen molar-refractivity contribution in [1.29, 1.82) is 0 Å². The Morgan fingerprint density at radius 1 is 0.963 bits per heavy atom. The molecule has 0 saturated carbocycles. The fourth-order valence-electron chi connectivity index (χ4n) is 2.85. The maximum absolute atomic E-state index is 12.1. The molecule has 0 heterocycles. The summed E-state index contributed by atoms with van der Waals surface area (Å²) < 4.78 is 5.14. The smallest absolute Gasteiger partial charge is 0.313 e. The minimum Gasteiger partial charge on any atom is -0.495 e. The van der Waals surface area contributed by atoms with Gasteiger partial charge in [-0.2, -0.15) is 0 Å². The van der Waals surface area contributed by atoms with Gasteiger partial charge in [-0.3, -0.25) is 9.59 Å². The van der Waals surface area contributed by atoms with Crippen molar-refractivity contribution in [3.63, 3.8) is 0 Å². The first-order valence-corrected chi connectivity index (χ1v) is 8.48. The molecule has 0 spiro atoms. The second-order valence-electron chi connectivity index (χ2n) is 5.95. The van der Waals surface area contributed by atoms with E-state index in [9.17, 15) is 14.7 Å². The summed E-state index contributed by atoms with van der Waals surface area (Å²) in [5.41, 5.74) is 1.09. The molecular weight excluding hydrogens is 344 g/mol. The Hall–Kier alpha value is -3.38. The molecule has 0 aliphatic heterocycles. The van der Waals surface area contributed by atoms with Gasteiger partial charge in [-0.05, 0) is 28.5 Å². The molecule has 1 atom stereocenters. The van der Waals surface area contributed by atoms with Crippen LogP contribution in [0.15, 0.2) is 66.7 Å². The summed E-state index contributed by atoms with van der Waals surface area (Å²) in [5.74, 6) is -1.21. The molecule has 2 amide bonds. The number of benzene rings is 3. The van der Waals surface area contributed by atoms with E-state index in [2.05, 4.69) is 10.6 Å². The number of aliphatic hydroxyl groups excluding tert-OH is 1. The first-order valence-electron chi connectivity index (χ1n) is 8.48. The molecule has 0 aliphatic rings. The maximum Gasteiger partial charge on any atom is 0.313 e. The molecule has 3 aromatic carbocycles. The summed E-state index contributed by atoms with van der Waals surface area (Å²) in [6, 6.07) is 20.0. The summed E-state index contributed by atoms with van der Waals surface area (Å²) in [6.07, 6.45) is -0.931. The SMILES string of the molecule is COc1ccccc1NC(=O)C(=O)NCC(O)c1cccc2ccccc12. The zero-order valence-corrected chi connectivity index (χ0v) is 14.8. The van der Waals surface area contributed by atoms with Crippen molar-refractivity contribution in [3.8, 4) is 5.75 Å². The number of rotatable bonds is 5. The van der Waals surface area contributed by atoms with E-state index in [1.807, 2.05) is 36.4 Å². The second kappa shape index (κ2) is 8.33. The molecule has 138 valence electrons. The van der Waals surface area contributed by atoms with E-state index in [4.69, 9.17) is 4.74 Å². The lowest BCUT2D eigenvalue weighted by molar-refractivity contribution is -0.136. The second-order valence-corrected chi connectivity index (χ2v) is 5.95. The standard InChI is InChI=1S/C21H20N2O4/c1-27-19-12-5-4-11-17(19)23-21(26)20(25)22-13-18(24)16-10-6-8-14-7-2-3-9-15(14)16/h2-12,18,24H,13H2,1H3,(H,22,25)(H,23,26). The quantitative estimate of drug-likeness (QED) is 0.608. The van der Waals surface area contributed by atoms with Gasteiger partial charge in [0.2, 0.25) is 0 Å². The van der Waals surface area contributed by atoms with Crippen molar-refractivity contribution in [2.45, 2.75) is 6.10 Å². The molecular formula is C21H20N2O4. The number of nitrogens with one attached hydrogen (secondary N) is 2. The lowest BCUT2D eigenvalue weighted by atomic mass is 10.0. The molecule has 0 bridgehead atoms. The number of hydrogen-bond donors (Lipinski definition) is 3. The Kier molecular flexibility index (Phi) is 5.68. The number of carbonyl (C=O) groups is 2. The van der Waals surface area contributed by atoms with E-state index in [1.54, 1.807) is 30.3 Å². The van der Waals surface area contributed by atoms with Crippen LogP contribution < -0.4 is 15.4 Å². The molecule has 0 radical (unpaired) electrons. The van der Waals surface area contributed by atoms with E-state index in [1.165, 1.54) is 7.11 Å². The Bertz CT molecular complexity index is 966. The number of hydrogen-bond acceptors (Lipinski definition) is 4. The molecule has 6 heteroatoms. The molecule has 0 fully saturated rings. The van der Waals surface area contributed by atoms with Gasteiger partial charge in [0.15, 0.2) is 0 Å². The average Bonchev–Trinajstić information content (AvgIpc) is 2.71. The predicted octanol–water partition coefficient (Wildman–Crippen LogP) is 2.64. The highest BCUT2D eigenvalue weighted by Gasteiger charge is 2.18. The Labute approximate surface area is 156 Å². The van der Waals surface area contributed by atoms with Crippen LogP contribution in [0.3, 0.4) is 0 Å². The molecule has 6 nitrogen and oxygen atoms in total. The van der Waals surface area contributed by atoms with Gasteiger partial charge in [-0.25, -0.2) is 0 Å². The Balaban J connectivity index is 1.63. The van der Waals surface area contributed by atoms with Gasteiger partial charge in [-0.15, -0.1) is 0 Å². The minimum absolute atomic E-state index is 0.0772. The molecule has 1 unspecified atom stereocenters. The lowest BCUT2D eigenvalue weighted by Gasteiger charge is -2.15. The molecule has 27 heavy (non-hydrogen) atoms. The van der Waals surface area contributed by atoms with Crippen molar-refractivity contribution >= 4 is 28.3 Å². The van der Waals surface area contributed by atoms with Crippen LogP contribution in [-0.4, -0.2) is 30.6 Å². The number of aliphatic hydroxyl groups is 1. The zero-order chi connectivity index (χ0) is 19.2. The summed E-state index contributed by atoms with van der Waals surface area (Å²) in [4.78, 5) is 24.2. The number of amides is 2. The van der Waals surface area contributed by atoms with Crippen molar-refractivity contribution in [2.75, 3.05) is 19.0 Å². The van der Waals surface area contributed by atoms with Crippen molar-refractivity contribution in [2.24, 2.45) is 0 Å². The maximum atomic E-state index is 12.1. The lowest BCUT2D eigenvalue weighted by Crippen LogP contribution is -2.37. The van der Waals surface area contributed by atoms with Gasteiger partial charge in [0.1, 0.15) is 5.75 Å². The van der Waals surface area contributed by atoms with Crippen LogP contribution in [-0.2, 0) is 9.59 Å². The first kappa shape index (κ1) is 18.4. The fraction of sp³-hybridized carbons (Fsp3) is 0.143. The number of anilines is 1. The molecule has 0 aromatic heterocycles. The van der Waals surface area contributed by atoms with Crippen LogP contribution in [0.1, 0.15) is 11.7 Å². The van der Waals surface area contributed by atoms with Gasteiger partial charge in [0, 0.05) is 6.54 Å². The van der Waals surface area contributed by atoms with Gasteiger partial charge >= 0.3 is 11.8 Å². The monoisotopic (exact) mass is 364 g/mol. The van der Waals surface area contributed by atoms with Crippen LogP contribution in [0.4, 0.5) is 5.69 Å². The Morgan fingerprint density at radius 3 is 2.48 bits per heavy atom. The summed E-state index contributed by atoms with van der Waals surface area (Å²) in [7, 11) is 1.48. The number of methoxy groups -OCH3 is 1. The van der Waals surface area contributed by atoms with Gasteiger partial charge < -0.3 is 20.5 Å². The normalized spacial score (nSPS) is 11.6. The van der Waals surface area contributed by atoms with Crippen LogP contribution in [0, 0.1) is 0 Å². The molecule has 0 saturated heterocycles. The number of ether oxygens (including phenoxy) is 1. The summed E-state index contributed by atoms with van der Waals surface area (Å²) >= 11 is 0. The average molecular weight is 364 g/mol. The third-order valence-corrected chi connectivity index (χ3v) is 4.20. The van der Waals surface area contributed by atoms with Gasteiger partial charge in [0.25, 0.3) is 0 Å². The van der Waals surface area contributed by atoms with Crippen molar-refractivity contribution in [1.82, 2.24) is 5.32 Å².